The number of rotatable bonds is 8. The first-order valence-corrected chi connectivity index (χ1v) is 9.61. The number of nitrogens with zero attached hydrogens (tertiary/aromatic N) is 2. The molecule has 0 saturated carbocycles. The molecule has 0 spiro atoms. The Morgan fingerprint density at radius 3 is 2.46 bits per heavy atom. The highest BCUT2D eigenvalue weighted by Crippen LogP contribution is 2.25. The topological polar surface area (TPSA) is 56.2 Å². The Labute approximate surface area is 166 Å². The molecular formula is C23H27N3O2. The summed E-state index contributed by atoms with van der Waals surface area (Å²) < 4.78 is 7.06. The SMILES string of the molecule is COc1ccc(-c2nn(Cc3ccccc3)cc2C(=O)NCCC(C)C)cc1. The molecule has 0 aliphatic carbocycles. The molecule has 0 atom stereocenters. The minimum atomic E-state index is -0.0919. The smallest absolute Gasteiger partial charge is 0.255 e. The van der Waals surface area contributed by atoms with Crippen molar-refractivity contribution in [2.45, 2.75) is 26.8 Å². The van der Waals surface area contributed by atoms with Gasteiger partial charge in [-0.1, -0.05) is 44.2 Å². The van der Waals surface area contributed by atoms with Crippen molar-refractivity contribution in [2.75, 3.05) is 13.7 Å². The van der Waals surface area contributed by atoms with Gasteiger partial charge in [0.2, 0.25) is 0 Å². The van der Waals surface area contributed by atoms with Crippen LogP contribution in [0.5, 0.6) is 5.75 Å². The summed E-state index contributed by atoms with van der Waals surface area (Å²) in [6, 6.07) is 17.7. The average Bonchev–Trinajstić information content (AvgIpc) is 3.12. The van der Waals surface area contributed by atoms with Crippen LogP contribution in [0.2, 0.25) is 0 Å². The van der Waals surface area contributed by atoms with E-state index in [9.17, 15) is 4.79 Å². The fourth-order valence-electron chi connectivity index (χ4n) is 2.97. The first kappa shape index (κ1) is 19.7. The maximum atomic E-state index is 12.8. The van der Waals surface area contributed by atoms with E-state index in [0.29, 0.717) is 30.3 Å². The number of carbonyl (C=O) groups excluding carboxylic acids is 1. The number of aromatic nitrogens is 2. The van der Waals surface area contributed by atoms with E-state index in [1.54, 1.807) is 7.11 Å². The number of nitrogens with one attached hydrogen (secondary N) is 1. The lowest BCUT2D eigenvalue weighted by Gasteiger charge is -2.07. The molecule has 28 heavy (non-hydrogen) atoms. The minimum Gasteiger partial charge on any atom is -0.497 e. The van der Waals surface area contributed by atoms with Gasteiger partial charge in [-0.2, -0.15) is 5.10 Å². The van der Waals surface area contributed by atoms with Gasteiger partial charge in [-0.3, -0.25) is 9.48 Å². The summed E-state index contributed by atoms with van der Waals surface area (Å²) in [5.41, 5.74) is 3.30. The largest absolute Gasteiger partial charge is 0.497 e. The second-order valence-corrected chi connectivity index (χ2v) is 7.24. The van der Waals surface area contributed by atoms with Gasteiger partial charge < -0.3 is 10.1 Å². The van der Waals surface area contributed by atoms with Crippen molar-refractivity contribution in [3.63, 3.8) is 0 Å². The number of amides is 1. The van der Waals surface area contributed by atoms with E-state index < -0.39 is 0 Å². The Balaban J connectivity index is 1.89. The van der Waals surface area contributed by atoms with Crippen molar-refractivity contribution in [2.24, 2.45) is 5.92 Å². The Bertz CT molecular complexity index is 899. The van der Waals surface area contributed by atoms with Gasteiger partial charge in [0, 0.05) is 18.3 Å². The molecule has 5 heteroatoms. The van der Waals surface area contributed by atoms with Crippen molar-refractivity contribution >= 4 is 5.91 Å². The summed E-state index contributed by atoms with van der Waals surface area (Å²) in [6.45, 7) is 5.56. The van der Waals surface area contributed by atoms with Crippen LogP contribution >= 0.6 is 0 Å². The minimum absolute atomic E-state index is 0.0919. The van der Waals surface area contributed by atoms with Gasteiger partial charge in [-0.05, 0) is 42.2 Å². The van der Waals surface area contributed by atoms with Gasteiger partial charge in [-0.15, -0.1) is 0 Å². The highest BCUT2D eigenvalue weighted by Gasteiger charge is 2.18. The fourth-order valence-corrected chi connectivity index (χ4v) is 2.97. The third-order valence-corrected chi connectivity index (χ3v) is 4.56. The zero-order chi connectivity index (χ0) is 19.9. The summed E-state index contributed by atoms with van der Waals surface area (Å²) >= 11 is 0. The second-order valence-electron chi connectivity index (χ2n) is 7.24. The highest BCUT2D eigenvalue weighted by molar-refractivity contribution is 5.99. The number of ether oxygens (including phenoxy) is 1. The number of benzene rings is 2. The lowest BCUT2D eigenvalue weighted by Crippen LogP contribution is -2.25. The molecule has 1 amide bonds. The normalized spacial score (nSPS) is 10.9. The van der Waals surface area contributed by atoms with Crippen LogP contribution in [0.25, 0.3) is 11.3 Å². The average molecular weight is 377 g/mol. The van der Waals surface area contributed by atoms with E-state index >= 15 is 0 Å². The molecule has 1 N–H and O–H groups in total. The first-order valence-electron chi connectivity index (χ1n) is 9.61. The molecule has 3 aromatic rings. The van der Waals surface area contributed by atoms with Crippen LogP contribution in [0.4, 0.5) is 0 Å². The van der Waals surface area contributed by atoms with Crippen molar-refractivity contribution in [3.8, 4) is 17.0 Å². The van der Waals surface area contributed by atoms with Gasteiger partial charge in [0.05, 0.1) is 19.2 Å². The molecule has 5 nitrogen and oxygen atoms in total. The maximum absolute atomic E-state index is 12.8. The summed E-state index contributed by atoms with van der Waals surface area (Å²) in [5, 5.41) is 7.73. The standard InChI is InChI=1S/C23H27N3O2/c1-17(2)13-14-24-23(27)21-16-26(15-18-7-5-4-6-8-18)25-22(21)19-9-11-20(28-3)12-10-19/h4-12,16-17H,13-15H2,1-3H3,(H,24,27). The van der Waals surface area contributed by atoms with Crippen molar-refractivity contribution in [3.05, 3.63) is 71.9 Å². The summed E-state index contributed by atoms with van der Waals surface area (Å²) in [7, 11) is 1.64. The van der Waals surface area contributed by atoms with Gasteiger partial charge in [-0.25, -0.2) is 0 Å². The van der Waals surface area contributed by atoms with Gasteiger partial charge in [0.1, 0.15) is 11.4 Å². The third-order valence-electron chi connectivity index (χ3n) is 4.56. The molecule has 3 rings (SSSR count). The Kier molecular flexibility index (Phi) is 6.48. The van der Waals surface area contributed by atoms with Crippen molar-refractivity contribution in [1.82, 2.24) is 15.1 Å². The van der Waals surface area contributed by atoms with E-state index in [0.717, 1.165) is 23.3 Å². The number of hydrogen-bond donors (Lipinski definition) is 1. The fraction of sp³-hybridized carbons (Fsp3) is 0.304. The number of methoxy groups -OCH3 is 1. The Morgan fingerprint density at radius 1 is 1.11 bits per heavy atom. The van der Waals surface area contributed by atoms with E-state index in [-0.39, 0.29) is 5.91 Å². The van der Waals surface area contributed by atoms with Crippen LogP contribution < -0.4 is 10.1 Å². The summed E-state index contributed by atoms with van der Waals surface area (Å²) in [5.74, 6) is 1.23. The van der Waals surface area contributed by atoms with Crippen molar-refractivity contribution < 1.29 is 9.53 Å². The van der Waals surface area contributed by atoms with Gasteiger partial charge in [0.25, 0.3) is 5.91 Å². The van der Waals surface area contributed by atoms with Crippen LogP contribution in [-0.2, 0) is 6.54 Å². The molecule has 0 fully saturated rings. The van der Waals surface area contributed by atoms with Crippen molar-refractivity contribution in [1.29, 1.82) is 0 Å². The van der Waals surface area contributed by atoms with E-state index in [2.05, 4.69) is 31.3 Å². The predicted octanol–water partition coefficient (Wildman–Crippen LogP) is 4.38. The van der Waals surface area contributed by atoms with Crippen LogP contribution in [-0.4, -0.2) is 29.3 Å². The molecule has 0 radical (unpaired) electrons. The van der Waals surface area contributed by atoms with Gasteiger partial charge in [0.15, 0.2) is 0 Å². The van der Waals surface area contributed by atoms with E-state index in [1.165, 1.54) is 0 Å². The monoisotopic (exact) mass is 377 g/mol. The first-order chi connectivity index (χ1) is 13.6. The zero-order valence-electron chi connectivity index (χ0n) is 16.7. The highest BCUT2D eigenvalue weighted by atomic mass is 16.5. The van der Waals surface area contributed by atoms with E-state index in [4.69, 9.17) is 9.84 Å². The number of hydrogen-bond acceptors (Lipinski definition) is 3. The van der Waals surface area contributed by atoms with Crippen LogP contribution in [0.1, 0.15) is 36.2 Å². The molecule has 1 heterocycles. The van der Waals surface area contributed by atoms with Crippen LogP contribution in [0.15, 0.2) is 60.8 Å². The zero-order valence-corrected chi connectivity index (χ0v) is 16.7. The third kappa shape index (κ3) is 5.00. The molecular weight excluding hydrogens is 350 g/mol. The van der Waals surface area contributed by atoms with Gasteiger partial charge >= 0.3 is 0 Å². The Morgan fingerprint density at radius 2 is 1.82 bits per heavy atom. The lowest BCUT2D eigenvalue weighted by atomic mass is 10.1. The molecule has 0 saturated heterocycles. The predicted molar refractivity (Wildman–Crippen MR) is 112 cm³/mol. The molecule has 2 aromatic carbocycles. The second kappa shape index (κ2) is 9.22. The molecule has 0 unspecified atom stereocenters. The molecule has 1 aromatic heterocycles. The summed E-state index contributed by atoms with van der Waals surface area (Å²) in [6.07, 6.45) is 2.78. The van der Waals surface area contributed by atoms with Crippen LogP contribution in [0, 0.1) is 5.92 Å². The Hall–Kier alpha value is -3.08. The van der Waals surface area contributed by atoms with E-state index in [1.807, 2.05) is 53.3 Å². The van der Waals surface area contributed by atoms with Crippen LogP contribution in [0.3, 0.4) is 0 Å². The molecule has 0 aliphatic rings. The molecule has 0 bridgehead atoms. The molecule has 0 aliphatic heterocycles. The molecule has 146 valence electrons. The number of carbonyl (C=O) groups is 1. The lowest BCUT2D eigenvalue weighted by molar-refractivity contribution is 0.0952. The quantitative estimate of drug-likeness (QED) is 0.634. The maximum Gasteiger partial charge on any atom is 0.255 e. The summed E-state index contributed by atoms with van der Waals surface area (Å²) in [4.78, 5) is 12.8.